The highest BCUT2D eigenvalue weighted by molar-refractivity contribution is 7.80. The van der Waals surface area contributed by atoms with Gasteiger partial charge >= 0.3 is 5.97 Å². The van der Waals surface area contributed by atoms with Gasteiger partial charge in [-0.05, 0) is 60.6 Å². The molecule has 128 valence electrons. The number of hydrogen-bond acceptors (Lipinski definition) is 4. The van der Waals surface area contributed by atoms with E-state index in [1.807, 2.05) is 37.3 Å². The Balaban J connectivity index is 1.85. The Morgan fingerprint density at radius 3 is 2.52 bits per heavy atom. The van der Waals surface area contributed by atoms with Crippen LogP contribution in [0.5, 0.6) is 5.75 Å². The molecule has 0 heterocycles. The quantitative estimate of drug-likeness (QED) is 0.209. The number of nitrogens with zero attached hydrogens (tertiary/aromatic N) is 1. The van der Waals surface area contributed by atoms with Crippen LogP contribution in [-0.2, 0) is 4.79 Å². The highest BCUT2D eigenvalue weighted by Crippen LogP contribution is 2.12. The molecule has 2 aromatic carbocycles. The van der Waals surface area contributed by atoms with Gasteiger partial charge in [0.15, 0.2) is 5.11 Å². The molecule has 0 saturated carbocycles. The Hall–Kier alpha value is -2.99. The Morgan fingerprint density at radius 2 is 1.84 bits per heavy atom. The summed E-state index contributed by atoms with van der Waals surface area (Å²) in [5, 5.41) is 7.41. The van der Waals surface area contributed by atoms with Crippen molar-refractivity contribution in [2.75, 3.05) is 6.54 Å². The summed E-state index contributed by atoms with van der Waals surface area (Å²) in [6, 6.07) is 16.6. The van der Waals surface area contributed by atoms with Crippen molar-refractivity contribution in [2.45, 2.75) is 6.92 Å². The number of hydrazone groups is 1. The van der Waals surface area contributed by atoms with E-state index >= 15 is 0 Å². The van der Waals surface area contributed by atoms with Crippen LogP contribution in [0.2, 0.25) is 0 Å². The predicted molar refractivity (Wildman–Crippen MR) is 105 cm³/mol. The lowest BCUT2D eigenvalue weighted by atomic mass is 10.2. The van der Waals surface area contributed by atoms with E-state index in [-0.39, 0.29) is 0 Å². The summed E-state index contributed by atoms with van der Waals surface area (Å²) in [6.07, 6.45) is 4.74. The van der Waals surface area contributed by atoms with E-state index in [1.165, 1.54) is 6.08 Å². The smallest absolute Gasteiger partial charge is 0.336 e. The molecule has 0 unspecified atom stereocenters. The van der Waals surface area contributed by atoms with Crippen molar-refractivity contribution in [3.05, 3.63) is 71.8 Å². The van der Waals surface area contributed by atoms with Crippen molar-refractivity contribution in [3.63, 3.8) is 0 Å². The zero-order valence-electron chi connectivity index (χ0n) is 13.8. The molecule has 0 radical (unpaired) electrons. The monoisotopic (exact) mass is 353 g/mol. The van der Waals surface area contributed by atoms with Crippen molar-refractivity contribution in [3.8, 4) is 5.75 Å². The summed E-state index contributed by atoms with van der Waals surface area (Å²) in [4.78, 5) is 11.8. The van der Waals surface area contributed by atoms with Crippen LogP contribution in [0.3, 0.4) is 0 Å². The molecule has 0 aliphatic carbocycles. The second kappa shape index (κ2) is 10.00. The van der Waals surface area contributed by atoms with E-state index in [9.17, 15) is 4.79 Å². The van der Waals surface area contributed by atoms with E-state index in [0.29, 0.717) is 10.9 Å². The number of ether oxygens (including phenoxy) is 1. The van der Waals surface area contributed by atoms with Crippen LogP contribution < -0.4 is 15.5 Å². The fraction of sp³-hybridized carbons (Fsp3) is 0.105. The Kier molecular flexibility index (Phi) is 7.34. The molecule has 0 fully saturated rings. The van der Waals surface area contributed by atoms with Gasteiger partial charge in [0.25, 0.3) is 0 Å². The first-order chi connectivity index (χ1) is 12.2. The number of hydrogen-bond donors (Lipinski definition) is 2. The van der Waals surface area contributed by atoms with Crippen LogP contribution in [0, 0.1) is 0 Å². The van der Waals surface area contributed by atoms with E-state index in [2.05, 4.69) is 15.8 Å². The lowest BCUT2D eigenvalue weighted by Gasteiger charge is -2.03. The number of thiocarbonyl (C=S) groups is 1. The molecule has 2 aromatic rings. The van der Waals surface area contributed by atoms with Crippen molar-refractivity contribution in [1.29, 1.82) is 0 Å². The topological polar surface area (TPSA) is 62.7 Å². The fourth-order valence-electron chi connectivity index (χ4n) is 1.87. The third kappa shape index (κ3) is 6.97. The third-order valence-corrected chi connectivity index (χ3v) is 3.26. The average molecular weight is 353 g/mol. The van der Waals surface area contributed by atoms with E-state index in [1.54, 1.807) is 36.6 Å². The molecule has 25 heavy (non-hydrogen) atoms. The molecule has 0 bridgehead atoms. The van der Waals surface area contributed by atoms with Crippen LogP contribution in [-0.4, -0.2) is 23.8 Å². The van der Waals surface area contributed by atoms with E-state index < -0.39 is 5.97 Å². The van der Waals surface area contributed by atoms with Crippen LogP contribution in [0.4, 0.5) is 0 Å². The van der Waals surface area contributed by atoms with Gasteiger partial charge in [-0.2, -0.15) is 5.10 Å². The van der Waals surface area contributed by atoms with Crippen molar-refractivity contribution in [2.24, 2.45) is 5.10 Å². The second-order valence-electron chi connectivity index (χ2n) is 4.96. The molecule has 0 saturated heterocycles. The molecular formula is C19H19N3O2S. The van der Waals surface area contributed by atoms with Crippen molar-refractivity contribution >= 4 is 35.6 Å². The Bertz CT molecular complexity index is 756. The average Bonchev–Trinajstić information content (AvgIpc) is 2.63. The van der Waals surface area contributed by atoms with Crippen molar-refractivity contribution < 1.29 is 9.53 Å². The summed E-state index contributed by atoms with van der Waals surface area (Å²) < 4.78 is 5.25. The number of esters is 1. The summed E-state index contributed by atoms with van der Waals surface area (Å²) in [6.45, 7) is 2.69. The van der Waals surface area contributed by atoms with Crippen LogP contribution >= 0.6 is 12.2 Å². The van der Waals surface area contributed by atoms with Crippen LogP contribution in [0.25, 0.3) is 6.08 Å². The van der Waals surface area contributed by atoms with Gasteiger partial charge in [-0.3, -0.25) is 5.43 Å². The largest absolute Gasteiger partial charge is 0.423 e. The lowest BCUT2D eigenvalue weighted by Crippen LogP contribution is -2.31. The van der Waals surface area contributed by atoms with Crippen molar-refractivity contribution in [1.82, 2.24) is 10.7 Å². The molecule has 6 heteroatoms. The molecule has 2 N–H and O–H groups in total. The predicted octanol–water partition coefficient (Wildman–Crippen LogP) is 3.12. The molecule has 0 amide bonds. The first-order valence-electron chi connectivity index (χ1n) is 7.79. The number of benzene rings is 2. The van der Waals surface area contributed by atoms with Gasteiger partial charge in [0.2, 0.25) is 0 Å². The summed E-state index contributed by atoms with van der Waals surface area (Å²) in [5.41, 5.74) is 4.50. The highest BCUT2D eigenvalue weighted by atomic mass is 32.1. The molecule has 2 rings (SSSR count). The molecule has 5 nitrogen and oxygen atoms in total. The van der Waals surface area contributed by atoms with Gasteiger partial charge in [-0.1, -0.05) is 30.3 Å². The number of nitrogens with one attached hydrogen (secondary N) is 2. The maximum absolute atomic E-state index is 11.8. The van der Waals surface area contributed by atoms with Crippen LogP contribution in [0.1, 0.15) is 18.1 Å². The van der Waals surface area contributed by atoms with Gasteiger partial charge in [0.05, 0.1) is 6.21 Å². The molecule has 0 aromatic heterocycles. The lowest BCUT2D eigenvalue weighted by molar-refractivity contribution is -0.128. The zero-order chi connectivity index (χ0) is 17.9. The number of carbonyl (C=O) groups is 1. The first kappa shape index (κ1) is 18.4. The summed E-state index contributed by atoms with van der Waals surface area (Å²) >= 11 is 5.00. The second-order valence-corrected chi connectivity index (χ2v) is 5.37. The number of carbonyl (C=O) groups excluding carboxylic acids is 1. The minimum absolute atomic E-state index is 0.428. The minimum atomic E-state index is -0.428. The first-order valence-corrected chi connectivity index (χ1v) is 8.20. The minimum Gasteiger partial charge on any atom is -0.423 e. The normalized spacial score (nSPS) is 10.8. The maximum atomic E-state index is 11.8. The highest BCUT2D eigenvalue weighted by Gasteiger charge is 2.00. The SMILES string of the molecule is CCNC(=S)N/N=C/c1ccc(OC(=O)/C=C/c2ccccc2)cc1. The molecule has 0 spiro atoms. The zero-order valence-corrected chi connectivity index (χ0v) is 14.6. The van der Waals surface area contributed by atoms with Gasteiger partial charge in [0.1, 0.15) is 5.75 Å². The van der Waals surface area contributed by atoms with E-state index in [0.717, 1.165) is 17.7 Å². The fourth-order valence-corrected chi connectivity index (χ4v) is 2.06. The van der Waals surface area contributed by atoms with Gasteiger partial charge in [-0.15, -0.1) is 0 Å². The Morgan fingerprint density at radius 1 is 1.12 bits per heavy atom. The number of rotatable bonds is 6. The molecular weight excluding hydrogens is 334 g/mol. The molecule has 0 atom stereocenters. The Labute approximate surface area is 152 Å². The standard InChI is InChI=1S/C19H19N3O2S/c1-2-20-19(25)22-21-14-16-8-11-17(12-9-16)24-18(23)13-10-15-6-4-3-5-7-15/h3-14H,2H2,1H3,(H2,20,22,25)/b13-10+,21-14+. The molecule has 0 aliphatic rings. The third-order valence-electron chi connectivity index (χ3n) is 3.03. The van der Waals surface area contributed by atoms with Gasteiger partial charge < -0.3 is 10.1 Å². The summed E-state index contributed by atoms with van der Waals surface area (Å²) in [5.74, 6) is 0.0407. The van der Waals surface area contributed by atoms with Gasteiger partial charge in [-0.25, -0.2) is 4.79 Å². The molecule has 0 aliphatic heterocycles. The van der Waals surface area contributed by atoms with Gasteiger partial charge in [0, 0.05) is 12.6 Å². The summed E-state index contributed by atoms with van der Waals surface area (Å²) in [7, 11) is 0. The van der Waals surface area contributed by atoms with E-state index in [4.69, 9.17) is 17.0 Å². The van der Waals surface area contributed by atoms with Crippen LogP contribution in [0.15, 0.2) is 65.8 Å². The maximum Gasteiger partial charge on any atom is 0.336 e.